The summed E-state index contributed by atoms with van der Waals surface area (Å²) in [6.07, 6.45) is 5.71. The lowest BCUT2D eigenvalue weighted by molar-refractivity contribution is -0.116. The zero-order valence-electron chi connectivity index (χ0n) is 10.4. The molecule has 0 radical (unpaired) electrons. The van der Waals surface area contributed by atoms with Gasteiger partial charge in [0.2, 0.25) is 5.91 Å². The second-order valence-corrected chi connectivity index (χ2v) is 5.77. The van der Waals surface area contributed by atoms with Gasteiger partial charge >= 0.3 is 0 Å². The molecule has 5 heteroatoms. The first kappa shape index (κ1) is 13.2. The smallest absolute Gasteiger partial charge is 0.244 e. The van der Waals surface area contributed by atoms with Gasteiger partial charge in [-0.1, -0.05) is 0 Å². The molecule has 0 bridgehead atoms. The highest BCUT2D eigenvalue weighted by Gasteiger charge is 2.22. The molecule has 98 valence electrons. The van der Waals surface area contributed by atoms with Gasteiger partial charge in [0.05, 0.1) is 16.8 Å². The Balaban J connectivity index is 1.73. The van der Waals surface area contributed by atoms with Crippen LogP contribution >= 0.6 is 11.3 Å². The molecule has 1 aromatic rings. The lowest BCUT2D eigenvalue weighted by atomic mass is 10.1. The zero-order chi connectivity index (χ0) is 13.0. The fourth-order valence-corrected chi connectivity index (χ4v) is 2.74. The molecular formula is C13H18N2O2S. The number of carbonyl (C=O) groups excluding carboxylic acids is 1. The molecule has 4 nitrogen and oxygen atoms in total. The summed E-state index contributed by atoms with van der Waals surface area (Å²) < 4.78 is 0. The molecule has 1 heterocycles. The quantitative estimate of drug-likeness (QED) is 0.816. The average molecular weight is 266 g/mol. The Morgan fingerprint density at radius 1 is 1.67 bits per heavy atom. The summed E-state index contributed by atoms with van der Waals surface area (Å²) in [7, 11) is 0. The van der Waals surface area contributed by atoms with E-state index >= 15 is 0 Å². The first-order chi connectivity index (χ1) is 8.63. The van der Waals surface area contributed by atoms with Crippen LogP contribution < -0.4 is 5.32 Å². The summed E-state index contributed by atoms with van der Waals surface area (Å²) in [5, 5.41) is 15.2. The maximum atomic E-state index is 11.6. The number of aromatic nitrogens is 1. The number of nitrogens with zero attached hydrogens (tertiary/aromatic N) is 1. The van der Waals surface area contributed by atoms with Crippen LogP contribution in [0.2, 0.25) is 0 Å². The summed E-state index contributed by atoms with van der Waals surface area (Å²) in [5.41, 5.74) is 0.823. The van der Waals surface area contributed by atoms with Crippen molar-refractivity contribution in [3.63, 3.8) is 0 Å². The highest BCUT2D eigenvalue weighted by molar-refractivity contribution is 7.09. The van der Waals surface area contributed by atoms with E-state index in [9.17, 15) is 9.90 Å². The van der Waals surface area contributed by atoms with Crippen LogP contribution in [0.5, 0.6) is 0 Å². The number of carbonyl (C=O) groups is 1. The van der Waals surface area contributed by atoms with Gasteiger partial charge in [0.1, 0.15) is 0 Å². The predicted octanol–water partition coefficient (Wildman–Crippen LogP) is 1.74. The van der Waals surface area contributed by atoms with Gasteiger partial charge in [-0.2, -0.15) is 0 Å². The van der Waals surface area contributed by atoms with Crippen LogP contribution in [0.1, 0.15) is 30.0 Å². The summed E-state index contributed by atoms with van der Waals surface area (Å²) in [5.74, 6) is 0.320. The summed E-state index contributed by atoms with van der Waals surface area (Å²) in [6.45, 7) is 2.59. The fourth-order valence-electron chi connectivity index (χ4n) is 2.16. The van der Waals surface area contributed by atoms with Gasteiger partial charge in [0, 0.05) is 18.0 Å². The van der Waals surface area contributed by atoms with E-state index in [0.29, 0.717) is 12.5 Å². The standard InChI is InChI=1S/C13H18N2O2S/c1-9-15-11(8-18-9)3-5-13(17)14-7-10-2-4-12(16)6-10/h3,5,8,10,12,16H,2,4,6-7H2,1H3,(H,14,17)/b5-3+. The molecule has 1 aromatic heterocycles. The van der Waals surface area contributed by atoms with Gasteiger partial charge in [0.15, 0.2) is 0 Å². The molecule has 2 rings (SSSR count). The van der Waals surface area contributed by atoms with E-state index in [2.05, 4.69) is 10.3 Å². The Morgan fingerprint density at radius 3 is 3.11 bits per heavy atom. The second kappa shape index (κ2) is 6.11. The van der Waals surface area contributed by atoms with E-state index < -0.39 is 0 Å². The Labute approximate surface area is 111 Å². The SMILES string of the molecule is Cc1nc(/C=C/C(=O)NCC2CCC(O)C2)cs1. The molecule has 18 heavy (non-hydrogen) atoms. The van der Waals surface area contributed by atoms with E-state index in [1.54, 1.807) is 17.4 Å². The number of aryl methyl sites for hydroxylation is 1. The van der Waals surface area contributed by atoms with Crippen molar-refractivity contribution in [2.45, 2.75) is 32.3 Å². The molecule has 0 saturated heterocycles. The number of rotatable bonds is 4. The van der Waals surface area contributed by atoms with Gasteiger partial charge in [0.25, 0.3) is 0 Å². The number of aliphatic hydroxyl groups is 1. The molecule has 0 aromatic carbocycles. The number of aliphatic hydroxyl groups excluding tert-OH is 1. The summed E-state index contributed by atoms with van der Waals surface area (Å²) in [4.78, 5) is 15.8. The highest BCUT2D eigenvalue weighted by atomic mass is 32.1. The molecule has 2 atom stereocenters. The van der Waals surface area contributed by atoms with E-state index in [0.717, 1.165) is 30.0 Å². The van der Waals surface area contributed by atoms with Crippen molar-refractivity contribution in [1.82, 2.24) is 10.3 Å². The molecule has 0 spiro atoms. The van der Waals surface area contributed by atoms with Crippen LogP contribution in [0, 0.1) is 12.8 Å². The molecule has 1 fully saturated rings. The normalized spacial score (nSPS) is 23.7. The lowest BCUT2D eigenvalue weighted by Gasteiger charge is -2.08. The number of hydrogen-bond donors (Lipinski definition) is 2. The largest absolute Gasteiger partial charge is 0.393 e. The van der Waals surface area contributed by atoms with Crippen LogP contribution in [0.3, 0.4) is 0 Å². The molecular weight excluding hydrogens is 248 g/mol. The van der Waals surface area contributed by atoms with Gasteiger partial charge in [-0.15, -0.1) is 11.3 Å². The van der Waals surface area contributed by atoms with Gasteiger partial charge in [-0.3, -0.25) is 4.79 Å². The number of nitrogens with one attached hydrogen (secondary N) is 1. The maximum absolute atomic E-state index is 11.6. The fraction of sp³-hybridized carbons (Fsp3) is 0.538. The van der Waals surface area contributed by atoms with Crippen molar-refractivity contribution in [3.8, 4) is 0 Å². The Bertz CT molecular complexity index is 442. The van der Waals surface area contributed by atoms with Gasteiger partial charge < -0.3 is 10.4 Å². The van der Waals surface area contributed by atoms with E-state index in [1.165, 1.54) is 6.08 Å². The minimum atomic E-state index is -0.180. The van der Waals surface area contributed by atoms with Gasteiger partial charge in [-0.05, 0) is 38.2 Å². The topological polar surface area (TPSA) is 62.2 Å². The molecule has 2 unspecified atom stereocenters. The third kappa shape index (κ3) is 3.92. The van der Waals surface area contributed by atoms with Crippen molar-refractivity contribution in [1.29, 1.82) is 0 Å². The number of hydrogen-bond acceptors (Lipinski definition) is 4. The van der Waals surface area contributed by atoms with Crippen LogP contribution in [0.15, 0.2) is 11.5 Å². The first-order valence-corrected chi connectivity index (χ1v) is 7.07. The number of thiazole rings is 1. The molecule has 1 aliphatic rings. The van der Waals surface area contributed by atoms with Crippen molar-refractivity contribution in [3.05, 3.63) is 22.2 Å². The third-order valence-corrected chi connectivity index (χ3v) is 3.91. The van der Waals surface area contributed by atoms with Crippen LogP contribution in [0.4, 0.5) is 0 Å². The zero-order valence-corrected chi connectivity index (χ0v) is 11.2. The minimum absolute atomic E-state index is 0.0953. The molecule has 2 N–H and O–H groups in total. The van der Waals surface area contributed by atoms with Crippen LogP contribution in [-0.4, -0.2) is 28.6 Å². The number of amides is 1. The monoisotopic (exact) mass is 266 g/mol. The second-order valence-electron chi connectivity index (χ2n) is 4.70. The van der Waals surface area contributed by atoms with Crippen molar-refractivity contribution in [2.24, 2.45) is 5.92 Å². The van der Waals surface area contributed by atoms with E-state index in [4.69, 9.17) is 0 Å². The third-order valence-electron chi connectivity index (χ3n) is 3.12. The lowest BCUT2D eigenvalue weighted by Crippen LogP contribution is -2.26. The van der Waals surface area contributed by atoms with Crippen LogP contribution in [0.25, 0.3) is 6.08 Å². The maximum Gasteiger partial charge on any atom is 0.244 e. The van der Waals surface area contributed by atoms with E-state index in [-0.39, 0.29) is 12.0 Å². The molecule has 1 amide bonds. The van der Waals surface area contributed by atoms with Crippen molar-refractivity contribution in [2.75, 3.05) is 6.54 Å². The van der Waals surface area contributed by atoms with Crippen LogP contribution in [-0.2, 0) is 4.79 Å². The predicted molar refractivity (Wildman–Crippen MR) is 72.2 cm³/mol. The highest BCUT2D eigenvalue weighted by Crippen LogP contribution is 2.24. The summed E-state index contributed by atoms with van der Waals surface area (Å²) >= 11 is 1.57. The first-order valence-electron chi connectivity index (χ1n) is 6.19. The molecule has 1 saturated carbocycles. The molecule has 0 aliphatic heterocycles. The van der Waals surface area contributed by atoms with Crippen molar-refractivity contribution < 1.29 is 9.90 Å². The minimum Gasteiger partial charge on any atom is -0.393 e. The van der Waals surface area contributed by atoms with Gasteiger partial charge in [-0.25, -0.2) is 4.98 Å². The van der Waals surface area contributed by atoms with E-state index in [1.807, 2.05) is 12.3 Å². The Hall–Kier alpha value is -1.20. The Kier molecular flexibility index (Phi) is 4.49. The van der Waals surface area contributed by atoms with Crippen molar-refractivity contribution >= 4 is 23.3 Å². The Morgan fingerprint density at radius 2 is 2.50 bits per heavy atom. The summed E-state index contributed by atoms with van der Waals surface area (Å²) in [6, 6.07) is 0. The molecule has 1 aliphatic carbocycles. The average Bonchev–Trinajstić information content (AvgIpc) is 2.93.